The second-order valence-electron chi connectivity index (χ2n) is 5.06. The molecule has 0 unspecified atom stereocenters. The Morgan fingerprint density at radius 3 is 2.83 bits per heavy atom. The summed E-state index contributed by atoms with van der Waals surface area (Å²) < 4.78 is 7.29. The van der Waals surface area contributed by atoms with Crippen LogP contribution in [0.3, 0.4) is 0 Å². The van der Waals surface area contributed by atoms with Gasteiger partial charge in [-0.1, -0.05) is 0 Å². The first-order valence-electron chi connectivity index (χ1n) is 7.58. The van der Waals surface area contributed by atoms with Crippen molar-refractivity contribution in [1.82, 2.24) is 19.5 Å². The molecular weight excluding hydrogens is 306 g/mol. The molecule has 0 fully saturated rings. The van der Waals surface area contributed by atoms with Crippen LogP contribution in [0.25, 0.3) is 5.82 Å². The molecule has 7 heteroatoms. The van der Waals surface area contributed by atoms with E-state index in [1.807, 2.05) is 30.5 Å². The predicted molar refractivity (Wildman–Crippen MR) is 89.0 cm³/mol. The summed E-state index contributed by atoms with van der Waals surface area (Å²) in [6.45, 7) is 0.469. The topological polar surface area (TPSA) is 81.9 Å². The third-order valence-corrected chi connectivity index (χ3v) is 3.25. The molecule has 0 spiro atoms. The number of pyridine rings is 2. The minimum absolute atomic E-state index is 0.0676. The van der Waals surface area contributed by atoms with E-state index < -0.39 is 0 Å². The maximum atomic E-state index is 11.9. The number of anilines is 1. The van der Waals surface area contributed by atoms with Crippen molar-refractivity contribution in [2.75, 3.05) is 11.9 Å². The van der Waals surface area contributed by atoms with Gasteiger partial charge >= 0.3 is 0 Å². The summed E-state index contributed by atoms with van der Waals surface area (Å²) in [4.78, 5) is 24.1. The molecule has 0 bridgehead atoms. The molecule has 7 nitrogen and oxygen atoms in total. The molecule has 0 saturated heterocycles. The van der Waals surface area contributed by atoms with E-state index in [1.54, 1.807) is 35.7 Å². The van der Waals surface area contributed by atoms with Crippen molar-refractivity contribution in [2.24, 2.45) is 0 Å². The molecule has 24 heavy (non-hydrogen) atoms. The maximum Gasteiger partial charge on any atom is 0.224 e. The third kappa shape index (κ3) is 4.39. The Hall–Kier alpha value is -3.22. The molecule has 1 amide bonds. The number of imidazole rings is 1. The van der Waals surface area contributed by atoms with Crippen LogP contribution in [0.2, 0.25) is 0 Å². The zero-order valence-electron chi connectivity index (χ0n) is 13.0. The molecule has 0 aliphatic carbocycles. The molecule has 0 aliphatic heterocycles. The molecule has 0 atom stereocenters. The van der Waals surface area contributed by atoms with Gasteiger partial charge in [-0.3, -0.25) is 14.3 Å². The van der Waals surface area contributed by atoms with Crippen LogP contribution in [-0.2, 0) is 4.79 Å². The van der Waals surface area contributed by atoms with Crippen LogP contribution in [0, 0.1) is 0 Å². The van der Waals surface area contributed by atoms with E-state index in [9.17, 15) is 4.79 Å². The Kier molecular flexibility index (Phi) is 5.14. The van der Waals surface area contributed by atoms with Gasteiger partial charge in [-0.05, 0) is 30.7 Å². The smallest absolute Gasteiger partial charge is 0.224 e. The zero-order valence-corrected chi connectivity index (χ0v) is 13.0. The molecule has 3 aromatic rings. The largest absolute Gasteiger partial charge is 0.492 e. The van der Waals surface area contributed by atoms with Gasteiger partial charge in [-0.2, -0.15) is 0 Å². The van der Waals surface area contributed by atoms with E-state index in [0.29, 0.717) is 30.9 Å². The molecule has 0 saturated carbocycles. The number of carbonyl (C=O) groups is 1. The number of ether oxygens (including phenoxy) is 1. The average molecular weight is 323 g/mol. The van der Waals surface area contributed by atoms with E-state index >= 15 is 0 Å². The number of hydrogen-bond donors (Lipinski definition) is 1. The van der Waals surface area contributed by atoms with E-state index in [1.165, 1.54) is 0 Å². The third-order valence-electron chi connectivity index (χ3n) is 3.25. The van der Waals surface area contributed by atoms with Gasteiger partial charge < -0.3 is 10.1 Å². The van der Waals surface area contributed by atoms with Gasteiger partial charge in [0.2, 0.25) is 5.91 Å². The molecular formula is C17H17N5O2. The molecule has 0 aliphatic rings. The summed E-state index contributed by atoms with van der Waals surface area (Å²) >= 11 is 0. The lowest BCUT2D eigenvalue weighted by atomic mass is 10.3. The minimum atomic E-state index is -0.0676. The summed E-state index contributed by atoms with van der Waals surface area (Å²) in [5.41, 5.74) is 0.664. The van der Waals surface area contributed by atoms with Crippen molar-refractivity contribution < 1.29 is 9.53 Å². The van der Waals surface area contributed by atoms with Gasteiger partial charge in [0, 0.05) is 25.0 Å². The summed E-state index contributed by atoms with van der Waals surface area (Å²) in [5.74, 6) is 1.38. The molecule has 3 heterocycles. The number of nitrogens with one attached hydrogen (secondary N) is 1. The first kappa shape index (κ1) is 15.7. The number of nitrogens with zero attached hydrogens (tertiary/aromatic N) is 4. The SMILES string of the molecule is O=C(CCCOc1cccnc1)Nc1ccc(-n2ccnc2)nc1. The first-order chi connectivity index (χ1) is 11.8. The Morgan fingerprint density at radius 2 is 2.12 bits per heavy atom. The normalized spacial score (nSPS) is 10.3. The fourth-order valence-corrected chi connectivity index (χ4v) is 2.09. The highest BCUT2D eigenvalue weighted by molar-refractivity contribution is 5.90. The quantitative estimate of drug-likeness (QED) is 0.675. The highest BCUT2D eigenvalue weighted by Gasteiger charge is 2.04. The first-order valence-corrected chi connectivity index (χ1v) is 7.58. The van der Waals surface area contributed by atoms with Crippen LogP contribution >= 0.6 is 0 Å². The predicted octanol–water partition coefficient (Wildman–Crippen LogP) is 2.46. The van der Waals surface area contributed by atoms with Crippen LogP contribution in [-0.4, -0.2) is 32.0 Å². The number of hydrogen-bond acceptors (Lipinski definition) is 5. The second kappa shape index (κ2) is 7.87. The summed E-state index contributed by atoms with van der Waals surface area (Å²) in [7, 11) is 0. The lowest BCUT2D eigenvalue weighted by molar-refractivity contribution is -0.116. The van der Waals surface area contributed by atoms with Crippen molar-refractivity contribution in [3.63, 3.8) is 0 Å². The van der Waals surface area contributed by atoms with Gasteiger partial charge in [0.15, 0.2) is 0 Å². The standard InChI is InChI=1S/C17H17N5O2/c23-17(4-2-10-24-15-3-1-7-18-12-15)21-14-5-6-16(20-11-14)22-9-8-19-13-22/h1,3,5-9,11-13H,2,4,10H2,(H,21,23). The Balaban J connectivity index is 1.42. The number of amides is 1. The molecule has 3 aromatic heterocycles. The summed E-state index contributed by atoms with van der Waals surface area (Å²) in [5, 5.41) is 2.82. The highest BCUT2D eigenvalue weighted by atomic mass is 16.5. The van der Waals surface area contributed by atoms with E-state index in [2.05, 4.69) is 20.3 Å². The Labute approximate surface area is 139 Å². The van der Waals surface area contributed by atoms with Crippen molar-refractivity contribution in [2.45, 2.75) is 12.8 Å². The van der Waals surface area contributed by atoms with Crippen molar-refractivity contribution in [3.05, 3.63) is 61.6 Å². The molecule has 3 rings (SSSR count). The van der Waals surface area contributed by atoms with Crippen LogP contribution in [0.15, 0.2) is 61.6 Å². The van der Waals surface area contributed by atoms with Crippen LogP contribution < -0.4 is 10.1 Å². The van der Waals surface area contributed by atoms with Crippen LogP contribution in [0.5, 0.6) is 5.75 Å². The molecule has 0 aromatic carbocycles. The fraction of sp³-hybridized carbons (Fsp3) is 0.176. The number of carbonyl (C=O) groups excluding carboxylic acids is 1. The lowest BCUT2D eigenvalue weighted by Crippen LogP contribution is -2.13. The zero-order chi connectivity index (χ0) is 16.6. The second-order valence-corrected chi connectivity index (χ2v) is 5.06. The van der Waals surface area contributed by atoms with Gasteiger partial charge in [-0.25, -0.2) is 9.97 Å². The van der Waals surface area contributed by atoms with E-state index in [0.717, 1.165) is 5.82 Å². The van der Waals surface area contributed by atoms with Crippen LogP contribution in [0.1, 0.15) is 12.8 Å². The summed E-state index contributed by atoms with van der Waals surface area (Å²) in [6.07, 6.45) is 11.1. The fourth-order valence-electron chi connectivity index (χ4n) is 2.09. The lowest BCUT2D eigenvalue weighted by Gasteiger charge is -2.07. The molecule has 122 valence electrons. The average Bonchev–Trinajstić information content (AvgIpc) is 3.15. The Bertz CT molecular complexity index is 757. The maximum absolute atomic E-state index is 11.9. The van der Waals surface area contributed by atoms with Gasteiger partial charge in [0.1, 0.15) is 17.9 Å². The molecule has 0 radical (unpaired) electrons. The van der Waals surface area contributed by atoms with Crippen LogP contribution in [0.4, 0.5) is 5.69 Å². The van der Waals surface area contributed by atoms with Crippen molar-refractivity contribution in [3.8, 4) is 11.6 Å². The Morgan fingerprint density at radius 1 is 1.17 bits per heavy atom. The van der Waals surface area contributed by atoms with Gasteiger partial charge in [-0.15, -0.1) is 0 Å². The van der Waals surface area contributed by atoms with Gasteiger partial charge in [0.05, 0.1) is 24.7 Å². The van der Waals surface area contributed by atoms with E-state index in [4.69, 9.17) is 4.74 Å². The molecule has 1 N–H and O–H groups in total. The highest BCUT2D eigenvalue weighted by Crippen LogP contribution is 2.11. The van der Waals surface area contributed by atoms with E-state index in [-0.39, 0.29) is 5.91 Å². The van der Waals surface area contributed by atoms with Gasteiger partial charge in [0.25, 0.3) is 0 Å². The summed E-state index contributed by atoms with van der Waals surface area (Å²) in [6, 6.07) is 7.28. The minimum Gasteiger partial charge on any atom is -0.492 e. The monoisotopic (exact) mass is 323 g/mol. The van der Waals surface area contributed by atoms with Crippen molar-refractivity contribution >= 4 is 11.6 Å². The van der Waals surface area contributed by atoms with Crippen molar-refractivity contribution in [1.29, 1.82) is 0 Å². The number of aromatic nitrogens is 4. The number of rotatable bonds is 7.